The molecule has 2 rings (SSSR count). The van der Waals surface area contributed by atoms with Gasteiger partial charge in [-0.3, -0.25) is 9.69 Å². The van der Waals surface area contributed by atoms with Crippen LogP contribution in [-0.2, 0) is 4.79 Å². The lowest BCUT2D eigenvalue weighted by molar-refractivity contribution is -0.140. The van der Waals surface area contributed by atoms with E-state index in [1.54, 1.807) is 0 Å². The lowest BCUT2D eigenvalue weighted by atomic mass is 10.1. The normalized spacial score (nSPS) is 22.1. The van der Waals surface area contributed by atoms with E-state index in [0.29, 0.717) is 24.5 Å². The predicted octanol–water partition coefficient (Wildman–Crippen LogP) is 1.31. The maximum absolute atomic E-state index is 11.2. The molecule has 98 valence electrons. The number of carboxylic acid groups (broad SMARTS) is 1. The van der Waals surface area contributed by atoms with Gasteiger partial charge in [0.05, 0.1) is 0 Å². The third-order valence-electron chi connectivity index (χ3n) is 3.39. The molecule has 4 nitrogen and oxygen atoms in total. The van der Waals surface area contributed by atoms with Gasteiger partial charge in [-0.25, -0.2) is 0 Å². The number of nitrogens with one attached hydrogen (secondary N) is 1. The largest absolute Gasteiger partial charge is 0.480 e. The zero-order chi connectivity index (χ0) is 12.4. The molecule has 0 spiro atoms. The summed E-state index contributed by atoms with van der Waals surface area (Å²) in [4.78, 5) is 13.6. The van der Waals surface area contributed by atoms with Gasteiger partial charge in [-0.2, -0.15) is 0 Å². The second-order valence-corrected chi connectivity index (χ2v) is 5.91. The Bertz CT molecular complexity index is 273. The van der Waals surface area contributed by atoms with E-state index in [2.05, 4.69) is 24.1 Å². The number of rotatable bonds is 8. The SMILES string of the molecule is CC(C)CN(CC(NC1CC1)C(=O)O)C1CC1. The molecule has 2 aliphatic rings. The lowest BCUT2D eigenvalue weighted by Gasteiger charge is -2.27. The zero-order valence-corrected chi connectivity index (χ0v) is 10.9. The first-order valence-corrected chi connectivity index (χ1v) is 6.79. The predicted molar refractivity (Wildman–Crippen MR) is 67.0 cm³/mol. The molecule has 2 N–H and O–H groups in total. The summed E-state index contributed by atoms with van der Waals surface area (Å²) in [6, 6.07) is 0.707. The van der Waals surface area contributed by atoms with Crippen LogP contribution in [0.5, 0.6) is 0 Å². The van der Waals surface area contributed by atoms with Gasteiger partial charge in [0.25, 0.3) is 0 Å². The molecule has 17 heavy (non-hydrogen) atoms. The summed E-state index contributed by atoms with van der Waals surface area (Å²) in [6.45, 7) is 6.06. The molecule has 0 saturated heterocycles. The molecule has 0 bridgehead atoms. The molecular weight excluding hydrogens is 216 g/mol. The van der Waals surface area contributed by atoms with Gasteiger partial charge in [-0.1, -0.05) is 13.8 Å². The van der Waals surface area contributed by atoms with E-state index in [0.717, 1.165) is 19.4 Å². The minimum atomic E-state index is -0.702. The number of aliphatic carboxylic acids is 1. The average molecular weight is 240 g/mol. The first-order chi connectivity index (χ1) is 8.06. The van der Waals surface area contributed by atoms with Crippen LogP contribution in [0.15, 0.2) is 0 Å². The van der Waals surface area contributed by atoms with Crippen LogP contribution in [0.25, 0.3) is 0 Å². The first-order valence-electron chi connectivity index (χ1n) is 6.79. The van der Waals surface area contributed by atoms with E-state index >= 15 is 0 Å². The molecule has 0 heterocycles. The first kappa shape index (κ1) is 12.8. The average Bonchev–Trinajstić information content (AvgIpc) is 3.09. The Hall–Kier alpha value is -0.610. The van der Waals surface area contributed by atoms with Crippen molar-refractivity contribution in [2.75, 3.05) is 13.1 Å². The minimum absolute atomic E-state index is 0.387. The van der Waals surface area contributed by atoms with Crippen LogP contribution >= 0.6 is 0 Å². The number of carbonyl (C=O) groups is 1. The van der Waals surface area contributed by atoms with Crippen molar-refractivity contribution in [2.45, 2.75) is 57.7 Å². The highest BCUT2D eigenvalue weighted by atomic mass is 16.4. The summed E-state index contributed by atoms with van der Waals surface area (Å²) in [5.41, 5.74) is 0. The summed E-state index contributed by atoms with van der Waals surface area (Å²) in [6.07, 6.45) is 4.75. The summed E-state index contributed by atoms with van der Waals surface area (Å²) in [5, 5.41) is 12.5. The fraction of sp³-hybridized carbons (Fsp3) is 0.923. The second-order valence-electron chi connectivity index (χ2n) is 5.91. The van der Waals surface area contributed by atoms with Crippen molar-refractivity contribution in [3.8, 4) is 0 Å². The molecule has 0 amide bonds. The van der Waals surface area contributed by atoms with Crippen molar-refractivity contribution in [3.63, 3.8) is 0 Å². The molecule has 4 heteroatoms. The fourth-order valence-electron chi connectivity index (χ4n) is 2.25. The third-order valence-corrected chi connectivity index (χ3v) is 3.39. The van der Waals surface area contributed by atoms with Crippen LogP contribution in [0.4, 0.5) is 0 Å². The Morgan fingerprint density at radius 1 is 1.29 bits per heavy atom. The van der Waals surface area contributed by atoms with Crippen molar-refractivity contribution in [3.05, 3.63) is 0 Å². The van der Waals surface area contributed by atoms with Crippen molar-refractivity contribution < 1.29 is 9.90 Å². The standard InChI is InChI=1S/C13H24N2O2/c1-9(2)7-15(11-5-6-11)8-12(13(16)17)14-10-3-4-10/h9-12,14H,3-8H2,1-2H3,(H,16,17). The van der Waals surface area contributed by atoms with Gasteiger partial charge < -0.3 is 10.4 Å². The number of nitrogens with zero attached hydrogens (tertiary/aromatic N) is 1. The van der Waals surface area contributed by atoms with Gasteiger partial charge in [0.15, 0.2) is 0 Å². The Morgan fingerprint density at radius 3 is 2.35 bits per heavy atom. The molecule has 2 fully saturated rings. The quantitative estimate of drug-likeness (QED) is 0.672. The fourth-order valence-corrected chi connectivity index (χ4v) is 2.25. The van der Waals surface area contributed by atoms with Crippen molar-refractivity contribution >= 4 is 5.97 Å². The van der Waals surface area contributed by atoms with Crippen molar-refractivity contribution in [1.82, 2.24) is 10.2 Å². The van der Waals surface area contributed by atoms with E-state index in [-0.39, 0.29) is 6.04 Å². The monoisotopic (exact) mass is 240 g/mol. The number of hydrogen-bond donors (Lipinski definition) is 2. The minimum Gasteiger partial charge on any atom is -0.480 e. The molecule has 0 aromatic rings. The smallest absolute Gasteiger partial charge is 0.322 e. The second kappa shape index (κ2) is 5.36. The van der Waals surface area contributed by atoms with Gasteiger partial charge in [-0.05, 0) is 31.6 Å². The topological polar surface area (TPSA) is 52.6 Å². The third kappa shape index (κ3) is 4.28. The van der Waals surface area contributed by atoms with Gasteiger partial charge in [0.2, 0.25) is 0 Å². The van der Waals surface area contributed by atoms with Crippen molar-refractivity contribution in [2.24, 2.45) is 5.92 Å². The van der Waals surface area contributed by atoms with Gasteiger partial charge in [-0.15, -0.1) is 0 Å². The van der Waals surface area contributed by atoms with Crippen LogP contribution in [-0.4, -0.2) is 47.2 Å². The van der Waals surface area contributed by atoms with Gasteiger partial charge >= 0.3 is 5.97 Å². The molecule has 0 aliphatic heterocycles. The van der Waals surface area contributed by atoms with Gasteiger partial charge in [0.1, 0.15) is 6.04 Å². The maximum Gasteiger partial charge on any atom is 0.322 e. The van der Waals surface area contributed by atoms with Crippen LogP contribution in [0.2, 0.25) is 0 Å². The summed E-state index contributed by atoms with van der Waals surface area (Å²) >= 11 is 0. The maximum atomic E-state index is 11.2. The van der Waals surface area contributed by atoms with Crippen LogP contribution < -0.4 is 5.32 Å². The Kier molecular flexibility index (Phi) is 4.05. The molecule has 2 aliphatic carbocycles. The molecule has 0 aromatic carbocycles. The van der Waals surface area contributed by atoms with Crippen molar-refractivity contribution in [1.29, 1.82) is 0 Å². The summed E-state index contributed by atoms with van der Waals surface area (Å²) in [5.74, 6) is -0.0997. The highest BCUT2D eigenvalue weighted by Gasteiger charge is 2.34. The summed E-state index contributed by atoms with van der Waals surface area (Å²) in [7, 11) is 0. The highest BCUT2D eigenvalue weighted by molar-refractivity contribution is 5.73. The molecular formula is C13H24N2O2. The van der Waals surface area contributed by atoms with Crippen LogP contribution in [0, 0.1) is 5.92 Å². The Morgan fingerprint density at radius 2 is 1.94 bits per heavy atom. The van der Waals surface area contributed by atoms with E-state index in [4.69, 9.17) is 0 Å². The lowest BCUT2D eigenvalue weighted by Crippen LogP contribution is -2.48. The molecule has 0 aromatic heterocycles. The van der Waals surface area contributed by atoms with Gasteiger partial charge in [0, 0.05) is 25.2 Å². The van der Waals surface area contributed by atoms with Crippen LogP contribution in [0.1, 0.15) is 39.5 Å². The van der Waals surface area contributed by atoms with E-state index in [9.17, 15) is 9.90 Å². The molecule has 0 radical (unpaired) electrons. The Balaban J connectivity index is 1.85. The van der Waals surface area contributed by atoms with E-state index in [1.165, 1.54) is 12.8 Å². The van der Waals surface area contributed by atoms with E-state index in [1.807, 2.05) is 0 Å². The molecule has 1 atom stereocenters. The van der Waals surface area contributed by atoms with Crippen LogP contribution in [0.3, 0.4) is 0 Å². The highest BCUT2D eigenvalue weighted by Crippen LogP contribution is 2.28. The zero-order valence-electron chi connectivity index (χ0n) is 10.9. The summed E-state index contributed by atoms with van der Waals surface area (Å²) < 4.78 is 0. The molecule has 1 unspecified atom stereocenters. The molecule has 2 saturated carbocycles. The number of carboxylic acids is 1. The Labute approximate surface area is 103 Å². The van der Waals surface area contributed by atoms with E-state index < -0.39 is 5.97 Å². The number of hydrogen-bond acceptors (Lipinski definition) is 3.